The topological polar surface area (TPSA) is 41.6 Å². The Bertz CT molecular complexity index is 221. The Morgan fingerprint density at radius 2 is 2.31 bits per heavy atom. The largest absolute Gasteiger partial charge is 0.376 e. The molecule has 0 radical (unpaired) electrons. The van der Waals surface area contributed by atoms with Crippen molar-refractivity contribution in [1.82, 2.24) is 10.2 Å². The normalized spacial score (nSPS) is 24.1. The van der Waals surface area contributed by atoms with Crippen LogP contribution in [0.2, 0.25) is 0 Å². The smallest absolute Gasteiger partial charge is 0.237 e. The predicted octanol–water partition coefficient (Wildman–Crippen LogP) is 1.01. The number of hydrogen-bond acceptors (Lipinski definition) is 3. The quantitative estimate of drug-likeness (QED) is 0.763. The summed E-state index contributed by atoms with van der Waals surface area (Å²) in [6.07, 6.45) is 2.29. The summed E-state index contributed by atoms with van der Waals surface area (Å²) in [5, 5.41) is 2.94. The second-order valence-corrected chi connectivity index (χ2v) is 4.36. The van der Waals surface area contributed by atoms with Gasteiger partial charge in [0.1, 0.15) is 0 Å². The van der Waals surface area contributed by atoms with E-state index in [-0.39, 0.29) is 18.1 Å². The predicted molar refractivity (Wildman–Crippen MR) is 64.4 cm³/mol. The third-order valence-electron chi connectivity index (χ3n) is 3.10. The molecule has 4 heteroatoms. The second kappa shape index (κ2) is 6.86. The molecule has 0 aromatic carbocycles. The fourth-order valence-electron chi connectivity index (χ4n) is 1.90. The van der Waals surface area contributed by atoms with E-state index >= 15 is 0 Å². The standard InChI is InChI=1S/C12H24N2O2/c1-4-6-13-12(15)10(3)14-7-8-16-11(5-2)9-14/h10-11H,4-9H2,1-3H3,(H,13,15)/t10-,11+/m1/s1. The molecule has 0 bridgehead atoms. The van der Waals surface area contributed by atoms with Crippen molar-refractivity contribution in [3.05, 3.63) is 0 Å². The third-order valence-corrected chi connectivity index (χ3v) is 3.10. The number of amides is 1. The molecule has 1 saturated heterocycles. The van der Waals surface area contributed by atoms with E-state index in [4.69, 9.17) is 4.74 Å². The minimum Gasteiger partial charge on any atom is -0.376 e. The van der Waals surface area contributed by atoms with Crippen molar-refractivity contribution in [3.8, 4) is 0 Å². The Balaban J connectivity index is 2.39. The lowest BCUT2D eigenvalue weighted by atomic mass is 10.1. The average molecular weight is 228 g/mol. The van der Waals surface area contributed by atoms with Gasteiger partial charge in [-0.3, -0.25) is 9.69 Å². The molecule has 1 heterocycles. The summed E-state index contributed by atoms with van der Waals surface area (Å²) in [5.41, 5.74) is 0. The van der Waals surface area contributed by atoms with Gasteiger partial charge in [-0.05, 0) is 19.8 Å². The van der Waals surface area contributed by atoms with Crippen molar-refractivity contribution in [2.24, 2.45) is 0 Å². The van der Waals surface area contributed by atoms with Crippen molar-refractivity contribution in [2.75, 3.05) is 26.2 Å². The van der Waals surface area contributed by atoms with E-state index in [1.165, 1.54) is 0 Å². The van der Waals surface area contributed by atoms with Crippen LogP contribution in [0.3, 0.4) is 0 Å². The molecule has 0 spiro atoms. The van der Waals surface area contributed by atoms with Crippen LogP contribution in [-0.4, -0.2) is 49.2 Å². The molecule has 1 amide bonds. The highest BCUT2D eigenvalue weighted by atomic mass is 16.5. The number of rotatable bonds is 5. The first-order valence-electron chi connectivity index (χ1n) is 6.32. The number of nitrogens with one attached hydrogen (secondary N) is 1. The molecule has 0 aromatic heterocycles. The lowest BCUT2D eigenvalue weighted by molar-refractivity contribution is -0.129. The highest BCUT2D eigenvalue weighted by molar-refractivity contribution is 5.81. The van der Waals surface area contributed by atoms with Crippen molar-refractivity contribution in [3.63, 3.8) is 0 Å². The first-order valence-corrected chi connectivity index (χ1v) is 6.32. The molecule has 4 nitrogen and oxygen atoms in total. The summed E-state index contributed by atoms with van der Waals surface area (Å²) < 4.78 is 5.60. The van der Waals surface area contributed by atoms with Crippen LogP contribution in [0.4, 0.5) is 0 Å². The molecule has 1 fully saturated rings. The molecule has 0 unspecified atom stereocenters. The van der Waals surface area contributed by atoms with Crippen LogP contribution >= 0.6 is 0 Å². The summed E-state index contributed by atoms with van der Waals surface area (Å²) in [6.45, 7) is 9.40. The van der Waals surface area contributed by atoms with Crippen LogP contribution in [0, 0.1) is 0 Å². The van der Waals surface area contributed by atoms with E-state index in [1.807, 2.05) is 6.92 Å². The van der Waals surface area contributed by atoms with Crippen LogP contribution in [0.25, 0.3) is 0 Å². The average Bonchev–Trinajstić information content (AvgIpc) is 2.35. The minimum atomic E-state index is -0.0375. The van der Waals surface area contributed by atoms with Crippen molar-refractivity contribution in [1.29, 1.82) is 0 Å². The molecule has 94 valence electrons. The Hall–Kier alpha value is -0.610. The van der Waals surface area contributed by atoms with E-state index < -0.39 is 0 Å². The van der Waals surface area contributed by atoms with Crippen LogP contribution in [0.15, 0.2) is 0 Å². The number of ether oxygens (including phenoxy) is 1. The summed E-state index contributed by atoms with van der Waals surface area (Å²) in [7, 11) is 0. The van der Waals surface area contributed by atoms with Crippen LogP contribution < -0.4 is 5.32 Å². The zero-order valence-corrected chi connectivity index (χ0v) is 10.7. The van der Waals surface area contributed by atoms with Crippen molar-refractivity contribution in [2.45, 2.75) is 45.8 Å². The zero-order chi connectivity index (χ0) is 12.0. The van der Waals surface area contributed by atoms with E-state index in [0.717, 1.165) is 39.1 Å². The maximum absolute atomic E-state index is 11.8. The van der Waals surface area contributed by atoms with E-state index in [1.54, 1.807) is 0 Å². The van der Waals surface area contributed by atoms with Crippen LogP contribution in [0.1, 0.15) is 33.6 Å². The first kappa shape index (κ1) is 13.5. The summed E-state index contributed by atoms with van der Waals surface area (Å²) in [5.74, 6) is 0.138. The number of morpholine rings is 1. The first-order chi connectivity index (χ1) is 7.69. The minimum absolute atomic E-state index is 0.0375. The van der Waals surface area contributed by atoms with Gasteiger partial charge in [-0.1, -0.05) is 13.8 Å². The van der Waals surface area contributed by atoms with Gasteiger partial charge in [0.15, 0.2) is 0 Å². The Morgan fingerprint density at radius 3 is 2.94 bits per heavy atom. The van der Waals surface area contributed by atoms with Gasteiger partial charge in [-0.15, -0.1) is 0 Å². The number of carbonyl (C=O) groups is 1. The van der Waals surface area contributed by atoms with Gasteiger partial charge >= 0.3 is 0 Å². The van der Waals surface area contributed by atoms with E-state index in [2.05, 4.69) is 24.1 Å². The van der Waals surface area contributed by atoms with Crippen molar-refractivity contribution >= 4 is 5.91 Å². The lowest BCUT2D eigenvalue weighted by Crippen LogP contribution is -2.52. The number of hydrogen-bond donors (Lipinski definition) is 1. The molecule has 0 aromatic rings. The molecule has 1 aliphatic rings. The molecule has 1 aliphatic heterocycles. The fourth-order valence-corrected chi connectivity index (χ4v) is 1.90. The fraction of sp³-hybridized carbons (Fsp3) is 0.917. The molecule has 1 N–H and O–H groups in total. The van der Waals surface area contributed by atoms with Gasteiger partial charge in [0.2, 0.25) is 5.91 Å². The Labute approximate surface area is 98.3 Å². The van der Waals surface area contributed by atoms with Gasteiger partial charge in [0.25, 0.3) is 0 Å². The molecule has 16 heavy (non-hydrogen) atoms. The zero-order valence-electron chi connectivity index (χ0n) is 10.7. The maximum Gasteiger partial charge on any atom is 0.237 e. The van der Waals surface area contributed by atoms with Gasteiger partial charge < -0.3 is 10.1 Å². The van der Waals surface area contributed by atoms with Crippen LogP contribution in [-0.2, 0) is 9.53 Å². The molecule has 0 aliphatic carbocycles. The Kier molecular flexibility index (Phi) is 5.77. The van der Waals surface area contributed by atoms with Crippen molar-refractivity contribution < 1.29 is 9.53 Å². The molecular weight excluding hydrogens is 204 g/mol. The molecular formula is C12H24N2O2. The Morgan fingerprint density at radius 1 is 1.56 bits per heavy atom. The summed E-state index contributed by atoms with van der Waals surface area (Å²) in [6, 6.07) is -0.0375. The van der Waals surface area contributed by atoms with E-state index in [9.17, 15) is 4.79 Å². The molecule has 1 rings (SSSR count). The van der Waals surface area contributed by atoms with Gasteiger partial charge in [-0.25, -0.2) is 0 Å². The maximum atomic E-state index is 11.8. The summed E-state index contributed by atoms with van der Waals surface area (Å²) >= 11 is 0. The number of nitrogens with zero attached hydrogens (tertiary/aromatic N) is 1. The number of carbonyl (C=O) groups excluding carboxylic acids is 1. The van der Waals surface area contributed by atoms with E-state index in [0.29, 0.717) is 0 Å². The summed E-state index contributed by atoms with van der Waals surface area (Å²) in [4.78, 5) is 14.0. The van der Waals surface area contributed by atoms with Gasteiger partial charge in [0, 0.05) is 19.6 Å². The lowest BCUT2D eigenvalue weighted by Gasteiger charge is -2.35. The third kappa shape index (κ3) is 3.76. The molecule has 2 atom stereocenters. The highest BCUT2D eigenvalue weighted by Crippen LogP contribution is 2.11. The highest BCUT2D eigenvalue weighted by Gasteiger charge is 2.26. The van der Waals surface area contributed by atoms with Crippen LogP contribution in [0.5, 0.6) is 0 Å². The molecule has 0 saturated carbocycles. The van der Waals surface area contributed by atoms with Gasteiger partial charge in [0.05, 0.1) is 18.8 Å². The SMILES string of the molecule is CCCNC(=O)[C@@H](C)N1CCO[C@@H](CC)C1. The second-order valence-electron chi connectivity index (χ2n) is 4.36. The monoisotopic (exact) mass is 228 g/mol. The van der Waals surface area contributed by atoms with Gasteiger partial charge in [-0.2, -0.15) is 0 Å².